The van der Waals surface area contributed by atoms with E-state index in [1.165, 1.54) is 12.5 Å². The molecule has 0 N–H and O–H groups in total. The summed E-state index contributed by atoms with van der Waals surface area (Å²) in [5.41, 5.74) is 1.93. The molecule has 0 bridgehead atoms. The van der Waals surface area contributed by atoms with Gasteiger partial charge in [-0.15, -0.1) is 11.8 Å². The van der Waals surface area contributed by atoms with Crippen molar-refractivity contribution in [3.8, 4) is 0 Å². The van der Waals surface area contributed by atoms with Gasteiger partial charge in [0.1, 0.15) is 5.78 Å². The Morgan fingerprint density at radius 3 is 2.52 bits per heavy atom. The molecule has 0 amide bonds. The summed E-state index contributed by atoms with van der Waals surface area (Å²) in [5.74, 6) is 0.568. The Kier molecular flexibility index (Phi) is 9.46. The van der Waals surface area contributed by atoms with Gasteiger partial charge < -0.3 is 0 Å². The molecule has 0 aliphatic carbocycles. The van der Waals surface area contributed by atoms with Crippen LogP contribution in [0.4, 0.5) is 9.41 Å². The first kappa shape index (κ1) is 22.1. The summed E-state index contributed by atoms with van der Waals surface area (Å²) < 4.78 is 0. The second-order valence-electron chi connectivity index (χ2n) is 4.90. The van der Waals surface area contributed by atoms with Crippen LogP contribution in [-0.2, 0) is 4.79 Å². The molecule has 2 atom stereocenters. The molecule has 0 fully saturated rings. The topological polar surface area (TPSA) is 34.1 Å². The van der Waals surface area contributed by atoms with Crippen LogP contribution in [0, 0.1) is 5.92 Å². The van der Waals surface area contributed by atoms with Gasteiger partial charge in [-0.1, -0.05) is 19.9 Å². The van der Waals surface area contributed by atoms with Gasteiger partial charge in [0.2, 0.25) is 0 Å². The van der Waals surface area contributed by atoms with Crippen LogP contribution in [0.2, 0.25) is 0 Å². The van der Waals surface area contributed by atoms with Crippen LogP contribution in [0.1, 0.15) is 49.0 Å². The van der Waals surface area contributed by atoms with Crippen LogP contribution < -0.4 is 0 Å². The van der Waals surface area contributed by atoms with E-state index < -0.39 is 5.92 Å². The standard InChI is InChI=1S/C15H18O2S.BH3.2FH/c1-4-9(2)11-5-6-14-12(7-11)15(17)13(8-18-14)10(3)16;;;/h5-7,9,13H,4,8H2,1-3H3;1H3;2*1H. The van der Waals surface area contributed by atoms with Crippen molar-refractivity contribution >= 4 is 31.7 Å². The van der Waals surface area contributed by atoms with Gasteiger partial charge in [-0.2, -0.15) is 0 Å². The first-order valence-electron chi connectivity index (χ1n) is 6.36. The maximum absolute atomic E-state index is 12.3. The predicted molar refractivity (Wildman–Crippen MR) is 89.3 cm³/mol. The molecule has 0 saturated carbocycles. The Morgan fingerprint density at radius 1 is 1.38 bits per heavy atom. The van der Waals surface area contributed by atoms with E-state index in [1.54, 1.807) is 11.8 Å². The Labute approximate surface area is 130 Å². The molecule has 118 valence electrons. The van der Waals surface area contributed by atoms with Gasteiger partial charge in [-0.3, -0.25) is 19.0 Å². The van der Waals surface area contributed by atoms with E-state index in [0.29, 0.717) is 11.7 Å². The Balaban J connectivity index is 0. The second kappa shape index (κ2) is 8.98. The summed E-state index contributed by atoms with van der Waals surface area (Å²) in [6.07, 6.45) is 1.05. The van der Waals surface area contributed by atoms with Gasteiger partial charge in [-0.05, 0) is 37.0 Å². The van der Waals surface area contributed by atoms with Crippen LogP contribution in [0.3, 0.4) is 0 Å². The number of hydrogen-bond donors (Lipinski definition) is 0. The van der Waals surface area contributed by atoms with E-state index in [9.17, 15) is 9.59 Å². The summed E-state index contributed by atoms with van der Waals surface area (Å²) in [5, 5.41) is 0. The van der Waals surface area contributed by atoms with Crippen LogP contribution in [-0.4, -0.2) is 25.7 Å². The van der Waals surface area contributed by atoms with Gasteiger partial charge in [0, 0.05) is 16.2 Å². The average molecular weight is 316 g/mol. The van der Waals surface area contributed by atoms with Gasteiger partial charge in [-0.25, -0.2) is 0 Å². The number of carbonyl (C=O) groups excluding carboxylic acids is 2. The lowest BCUT2D eigenvalue weighted by atomic mass is 9.91. The summed E-state index contributed by atoms with van der Waals surface area (Å²) in [7, 11) is 0. The lowest BCUT2D eigenvalue weighted by Crippen LogP contribution is -2.28. The molecule has 0 radical (unpaired) electrons. The third-order valence-electron chi connectivity index (χ3n) is 3.66. The van der Waals surface area contributed by atoms with Gasteiger partial charge in [0.05, 0.1) is 14.3 Å². The highest BCUT2D eigenvalue weighted by Crippen LogP contribution is 2.35. The van der Waals surface area contributed by atoms with Crippen LogP contribution in [0.5, 0.6) is 0 Å². The van der Waals surface area contributed by atoms with Crippen molar-refractivity contribution in [1.29, 1.82) is 0 Å². The van der Waals surface area contributed by atoms with E-state index in [-0.39, 0.29) is 29.4 Å². The zero-order valence-corrected chi connectivity index (χ0v) is 12.7. The van der Waals surface area contributed by atoms with Crippen molar-refractivity contribution in [1.82, 2.24) is 0 Å². The van der Waals surface area contributed by atoms with E-state index in [2.05, 4.69) is 19.9 Å². The van der Waals surface area contributed by atoms with E-state index in [0.717, 1.165) is 16.9 Å². The summed E-state index contributed by atoms with van der Waals surface area (Å²) in [4.78, 5) is 24.8. The minimum absolute atomic E-state index is 0. The summed E-state index contributed by atoms with van der Waals surface area (Å²) in [6, 6.07) is 6.10. The van der Waals surface area contributed by atoms with Crippen molar-refractivity contribution in [3.05, 3.63) is 29.3 Å². The lowest BCUT2D eigenvalue weighted by molar-refractivity contribution is -0.118. The Morgan fingerprint density at radius 2 is 2.00 bits per heavy atom. The Hall–Kier alpha value is -1.17. The molecule has 2 unspecified atom stereocenters. The number of ketones is 2. The van der Waals surface area contributed by atoms with Crippen molar-refractivity contribution in [3.63, 3.8) is 0 Å². The summed E-state index contributed by atoms with van der Waals surface area (Å²) >= 11 is 1.62. The van der Waals surface area contributed by atoms with Crippen molar-refractivity contribution < 1.29 is 19.0 Å². The van der Waals surface area contributed by atoms with E-state index in [1.807, 2.05) is 12.1 Å². The number of hydrogen-bond acceptors (Lipinski definition) is 3. The highest BCUT2D eigenvalue weighted by Gasteiger charge is 2.31. The highest BCUT2D eigenvalue weighted by atomic mass is 32.2. The summed E-state index contributed by atoms with van der Waals surface area (Å²) in [6.45, 7) is 5.80. The second-order valence-corrected chi connectivity index (χ2v) is 5.97. The number of carbonyl (C=O) groups is 2. The fraction of sp³-hybridized carbons (Fsp3) is 0.467. The van der Waals surface area contributed by atoms with Crippen molar-refractivity contribution in [2.75, 3.05) is 5.75 Å². The minimum Gasteiger partial charge on any atom is -0.299 e. The van der Waals surface area contributed by atoms with Crippen LogP contribution in [0.15, 0.2) is 23.1 Å². The van der Waals surface area contributed by atoms with Crippen molar-refractivity contribution in [2.45, 2.75) is 38.0 Å². The molecule has 0 spiro atoms. The molecule has 1 heterocycles. The molecule has 1 aromatic carbocycles. The molecule has 0 aromatic heterocycles. The smallest absolute Gasteiger partial charge is 0.175 e. The van der Waals surface area contributed by atoms with Gasteiger partial charge in [0.25, 0.3) is 0 Å². The van der Waals surface area contributed by atoms with E-state index in [4.69, 9.17) is 0 Å². The maximum Gasteiger partial charge on any atom is 0.175 e. The fourth-order valence-corrected chi connectivity index (χ4v) is 3.36. The molecule has 21 heavy (non-hydrogen) atoms. The van der Waals surface area contributed by atoms with E-state index >= 15 is 0 Å². The van der Waals surface area contributed by atoms with Crippen LogP contribution in [0.25, 0.3) is 0 Å². The Bertz CT molecular complexity index is 508. The zero-order chi connectivity index (χ0) is 13.3. The molecule has 2 nitrogen and oxygen atoms in total. The molecular weight excluding hydrogens is 293 g/mol. The first-order valence-corrected chi connectivity index (χ1v) is 7.34. The number of rotatable bonds is 3. The van der Waals surface area contributed by atoms with Crippen molar-refractivity contribution in [2.24, 2.45) is 5.92 Å². The largest absolute Gasteiger partial charge is 0.299 e. The number of fused-ring (bicyclic) bond motifs is 1. The number of Topliss-reactive ketones (excluding diaryl/α,β-unsaturated/α-hetero) is 2. The SMILES string of the molecule is B.CCC(C)c1ccc2c(c1)C(=O)C(C(C)=O)CS2.F.F. The third-order valence-corrected chi connectivity index (χ3v) is 4.83. The third kappa shape index (κ3) is 4.40. The molecule has 1 aliphatic rings. The minimum atomic E-state index is -0.449. The van der Waals surface area contributed by atoms with Gasteiger partial charge in [0.15, 0.2) is 5.78 Å². The predicted octanol–water partition coefficient (Wildman–Crippen LogP) is 2.81. The number of thioether (sulfide) groups is 1. The average Bonchev–Trinajstić information content (AvgIpc) is 2.37. The molecule has 1 aliphatic heterocycles. The molecular formula is C15H23BF2O2S. The van der Waals surface area contributed by atoms with Gasteiger partial charge >= 0.3 is 0 Å². The fourth-order valence-electron chi connectivity index (χ4n) is 2.15. The molecule has 2 rings (SSSR count). The molecule has 0 saturated heterocycles. The molecule has 6 heteroatoms. The molecule has 1 aromatic rings. The normalized spacial score (nSPS) is 17.5. The quantitative estimate of drug-likeness (QED) is 0.635. The maximum atomic E-state index is 12.3. The number of halogens is 2. The monoisotopic (exact) mass is 316 g/mol. The first-order chi connectivity index (χ1) is 8.54. The number of benzene rings is 1. The zero-order valence-electron chi connectivity index (χ0n) is 11.8. The lowest BCUT2D eigenvalue weighted by Gasteiger charge is -2.22. The van der Waals surface area contributed by atoms with Crippen LogP contribution >= 0.6 is 11.8 Å². The highest BCUT2D eigenvalue weighted by molar-refractivity contribution is 7.99.